The third-order valence-electron chi connectivity index (χ3n) is 1.45. The molecule has 1 rings (SSSR count). The standard InChI is InChI=1S/C8H7ClO3/c1-5-6(10)3-2-4-7(5)12-8(9)11/h2-4,10H,1H3. The fourth-order valence-electron chi connectivity index (χ4n) is 0.800. The quantitative estimate of drug-likeness (QED) is 0.686. The highest BCUT2D eigenvalue weighted by atomic mass is 35.5. The number of halogens is 1. The van der Waals surface area contributed by atoms with Crippen molar-refractivity contribution >= 4 is 17.0 Å². The van der Waals surface area contributed by atoms with Crippen LogP contribution in [0.15, 0.2) is 18.2 Å². The number of carbonyl (C=O) groups excluding carboxylic acids is 1. The van der Waals surface area contributed by atoms with Gasteiger partial charge >= 0.3 is 5.43 Å². The minimum absolute atomic E-state index is 0.0745. The zero-order valence-electron chi connectivity index (χ0n) is 6.37. The molecule has 0 bridgehead atoms. The van der Waals surface area contributed by atoms with Crippen LogP contribution in [0.4, 0.5) is 4.79 Å². The van der Waals surface area contributed by atoms with Crippen LogP contribution in [0.5, 0.6) is 11.5 Å². The van der Waals surface area contributed by atoms with E-state index < -0.39 is 5.43 Å². The highest BCUT2D eigenvalue weighted by Gasteiger charge is 2.06. The van der Waals surface area contributed by atoms with Gasteiger partial charge in [-0.1, -0.05) is 6.07 Å². The van der Waals surface area contributed by atoms with Gasteiger partial charge in [-0.15, -0.1) is 0 Å². The first kappa shape index (κ1) is 8.87. The molecule has 0 amide bonds. The number of aromatic hydroxyl groups is 1. The maximum absolute atomic E-state index is 10.3. The SMILES string of the molecule is Cc1c(O)cccc1OC(=O)Cl. The summed E-state index contributed by atoms with van der Waals surface area (Å²) in [7, 11) is 0. The Balaban J connectivity index is 3.00. The smallest absolute Gasteiger partial charge is 0.409 e. The lowest BCUT2D eigenvalue weighted by atomic mass is 10.2. The van der Waals surface area contributed by atoms with Gasteiger partial charge < -0.3 is 9.84 Å². The zero-order valence-corrected chi connectivity index (χ0v) is 7.13. The van der Waals surface area contributed by atoms with Gasteiger partial charge in [0, 0.05) is 17.2 Å². The Hall–Kier alpha value is -1.22. The summed E-state index contributed by atoms with van der Waals surface area (Å²) >= 11 is 4.99. The van der Waals surface area contributed by atoms with Crippen LogP contribution in [0.25, 0.3) is 0 Å². The molecule has 1 N–H and O–H groups in total. The largest absolute Gasteiger partial charge is 0.508 e. The van der Waals surface area contributed by atoms with Gasteiger partial charge in [-0.05, 0) is 19.1 Å². The molecule has 4 heteroatoms. The van der Waals surface area contributed by atoms with E-state index in [1.807, 2.05) is 0 Å². The number of rotatable bonds is 1. The Bertz CT molecular complexity index is 309. The van der Waals surface area contributed by atoms with Crippen LogP contribution >= 0.6 is 11.6 Å². The number of hydrogen-bond donors (Lipinski definition) is 1. The summed E-state index contributed by atoms with van der Waals surface area (Å²) in [6, 6.07) is 4.62. The van der Waals surface area contributed by atoms with E-state index in [0.717, 1.165) is 0 Å². The molecule has 0 fully saturated rings. The number of ether oxygens (including phenoxy) is 1. The van der Waals surface area contributed by atoms with Crippen LogP contribution in [0.2, 0.25) is 0 Å². The predicted octanol–water partition coefficient (Wildman–Crippen LogP) is 2.44. The lowest BCUT2D eigenvalue weighted by Gasteiger charge is -2.04. The molecule has 12 heavy (non-hydrogen) atoms. The Labute approximate surface area is 74.5 Å². The first-order chi connectivity index (χ1) is 5.61. The molecule has 0 aromatic heterocycles. The third kappa shape index (κ3) is 1.89. The summed E-state index contributed by atoms with van der Waals surface area (Å²) in [6.45, 7) is 1.63. The summed E-state index contributed by atoms with van der Waals surface area (Å²) in [5.41, 5.74) is -0.421. The van der Waals surface area contributed by atoms with Crippen molar-refractivity contribution in [2.75, 3.05) is 0 Å². The number of benzene rings is 1. The van der Waals surface area contributed by atoms with E-state index in [0.29, 0.717) is 5.56 Å². The second kappa shape index (κ2) is 3.45. The predicted molar refractivity (Wildman–Crippen MR) is 44.7 cm³/mol. The van der Waals surface area contributed by atoms with Crippen molar-refractivity contribution in [1.29, 1.82) is 0 Å². The number of phenols is 1. The van der Waals surface area contributed by atoms with Crippen molar-refractivity contribution in [1.82, 2.24) is 0 Å². The minimum Gasteiger partial charge on any atom is -0.508 e. The number of carbonyl (C=O) groups is 1. The van der Waals surface area contributed by atoms with Crippen molar-refractivity contribution in [3.63, 3.8) is 0 Å². The van der Waals surface area contributed by atoms with Gasteiger partial charge in [-0.3, -0.25) is 0 Å². The van der Waals surface area contributed by atoms with E-state index >= 15 is 0 Å². The van der Waals surface area contributed by atoms with Crippen molar-refractivity contribution in [3.8, 4) is 11.5 Å². The molecule has 0 radical (unpaired) electrons. The maximum Gasteiger partial charge on any atom is 0.409 e. The Morgan fingerprint density at radius 1 is 1.58 bits per heavy atom. The van der Waals surface area contributed by atoms with Gasteiger partial charge in [-0.25, -0.2) is 4.79 Å². The molecule has 0 aliphatic heterocycles. The molecule has 0 saturated carbocycles. The van der Waals surface area contributed by atoms with Crippen molar-refractivity contribution in [2.45, 2.75) is 6.92 Å². The summed E-state index contributed by atoms with van der Waals surface area (Å²) in [6.07, 6.45) is 0. The molecule has 0 spiro atoms. The molecular weight excluding hydrogens is 180 g/mol. The zero-order chi connectivity index (χ0) is 9.14. The number of hydrogen-bond acceptors (Lipinski definition) is 3. The van der Waals surface area contributed by atoms with Crippen LogP contribution in [0.3, 0.4) is 0 Å². The van der Waals surface area contributed by atoms with E-state index in [9.17, 15) is 9.90 Å². The molecule has 0 saturated heterocycles. The average molecular weight is 187 g/mol. The molecule has 64 valence electrons. The Morgan fingerprint density at radius 3 is 2.83 bits per heavy atom. The van der Waals surface area contributed by atoms with Crippen LogP contribution in [0, 0.1) is 6.92 Å². The van der Waals surface area contributed by atoms with Crippen LogP contribution in [0.1, 0.15) is 5.56 Å². The molecule has 1 aromatic rings. The van der Waals surface area contributed by atoms with Gasteiger partial charge in [0.25, 0.3) is 0 Å². The molecule has 0 aliphatic rings. The van der Waals surface area contributed by atoms with Gasteiger partial charge in [0.2, 0.25) is 0 Å². The molecule has 0 aliphatic carbocycles. The van der Waals surface area contributed by atoms with Gasteiger partial charge in [0.1, 0.15) is 11.5 Å². The lowest BCUT2D eigenvalue weighted by Crippen LogP contribution is -1.97. The summed E-state index contributed by atoms with van der Waals surface area (Å²) in [5, 5.41) is 9.18. The third-order valence-corrected chi connectivity index (χ3v) is 1.52. The Kier molecular flexibility index (Phi) is 2.55. The highest BCUT2D eigenvalue weighted by molar-refractivity contribution is 6.61. The van der Waals surface area contributed by atoms with E-state index in [1.54, 1.807) is 19.1 Å². The Morgan fingerprint density at radius 2 is 2.25 bits per heavy atom. The molecule has 0 heterocycles. The van der Waals surface area contributed by atoms with Crippen LogP contribution in [-0.2, 0) is 0 Å². The van der Waals surface area contributed by atoms with Gasteiger partial charge in [-0.2, -0.15) is 0 Å². The highest BCUT2D eigenvalue weighted by Crippen LogP contribution is 2.26. The summed E-state index contributed by atoms with van der Waals surface area (Å²) in [4.78, 5) is 10.3. The maximum atomic E-state index is 10.3. The number of phenolic OH excluding ortho intramolecular Hbond substituents is 1. The topological polar surface area (TPSA) is 46.5 Å². The van der Waals surface area contributed by atoms with Crippen LogP contribution in [-0.4, -0.2) is 10.5 Å². The summed E-state index contributed by atoms with van der Waals surface area (Å²) < 4.78 is 4.59. The van der Waals surface area contributed by atoms with E-state index in [2.05, 4.69) is 4.74 Å². The lowest BCUT2D eigenvalue weighted by molar-refractivity contribution is 0.225. The molecule has 0 unspecified atom stereocenters. The first-order valence-corrected chi connectivity index (χ1v) is 3.65. The fourth-order valence-corrected chi connectivity index (χ4v) is 0.883. The van der Waals surface area contributed by atoms with Gasteiger partial charge in [0.15, 0.2) is 0 Å². The minimum atomic E-state index is -0.913. The second-order valence-corrected chi connectivity index (χ2v) is 2.55. The first-order valence-electron chi connectivity index (χ1n) is 3.27. The van der Waals surface area contributed by atoms with E-state index in [4.69, 9.17) is 11.6 Å². The molecular formula is C8H7ClO3. The van der Waals surface area contributed by atoms with Crippen molar-refractivity contribution in [3.05, 3.63) is 23.8 Å². The van der Waals surface area contributed by atoms with Crippen molar-refractivity contribution in [2.24, 2.45) is 0 Å². The van der Waals surface area contributed by atoms with Gasteiger partial charge in [0.05, 0.1) is 0 Å². The average Bonchev–Trinajstić information content (AvgIpc) is 1.98. The fraction of sp³-hybridized carbons (Fsp3) is 0.125. The molecule has 0 atom stereocenters. The van der Waals surface area contributed by atoms with Crippen LogP contribution < -0.4 is 4.74 Å². The van der Waals surface area contributed by atoms with E-state index in [1.165, 1.54) is 6.07 Å². The second-order valence-electron chi connectivity index (χ2n) is 2.24. The molecule has 1 aromatic carbocycles. The molecule has 3 nitrogen and oxygen atoms in total. The summed E-state index contributed by atoms with van der Waals surface area (Å²) in [5.74, 6) is 0.348. The van der Waals surface area contributed by atoms with Crippen molar-refractivity contribution < 1.29 is 14.6 Å². The normalized spacial score (nSPS) is 9.50. The monoisotopic (exact) mass is 186 g/mol. The van der Waals surface area contributed by atoms with E-state index in [-0.39, 0.29) is 11.5 Å².